The van der Waals surface area contributed by atoms with Gasteiger partial charge in [0, 0.05) is 25.6 Å². The van der Waals surface area contributed by atoms with Gasteiger partial charge >= 0.3 is 0 Å². The van der Waals surface area contributed by atoms with E-state index in [2.05, 4.69) is 24.3 Å². The number of amides is 1. The molecule has 24 heavy (non-hydrogen) atoms. The van der Waals surface area contributed by atoms with Gasteiger partial charge in [0.15, 0.2) is 0 Å². The molecule has 3 heteroatoms. The van der Waals surface area contributed by atoms with Crippen LogP contribution in [0.1, 0.15) is 37.3 Å². The van der Waals surface area contributed by atoms with Crippen LogP contribution < -0.4 is 0 Å². The first-order valence-electron chi connectivity index (χ1n) is 8.72. The Morgan fingerprint density at radius 1 is 0.958 bits per heavy atom. The van der Waals surface area contributed by atoms with Gasteiger partial charge in [0.1, 0.15) is 0 Å². The molecule has 1 unspecified atom stereocenters. The number of carbonyl (C=O) groups excluding carboxylic acids is 1. The number of hydrogen-bond donors (Lipinski definition) is 1. The van der Waals surface area contributed by atoms with Gasteiger partial charge in [-0.25, -0.2) is 0 Å². The van der Waals surface area contributed by atoms with Crippen LogP contribution in [0.4, 0.5) is 0 Å². The maximum absolute atomic E-state index is 13.0. The van der Waals surface area contributed by atoms with E-state index in [0.29, 0.717) is 19.5 Å². The first-order chi connectivity index (χ1) is 11.7. The molecule has 0 heterocycles. The monoisotopic (exact) mass is 325 g/mol. The lowest BCUT2D eigenvalue weighted by molar-refractivity contribution is -0.137. The van der Waals surface area contributed by atoms with E-state index >= 15 is 0 Å². The van der Waals surface area contributed by atoms with E-state index in [0.717, 1.165) is 24.0 Å². The largest absolute Gasteiger partial charge is 0.396 e. The fourth-order valence-electron chi connectivity index (χ4n) is 2.92. The lowest BCUT2D eigenvalue weighted by Gasteiger charge is -2.27. The molecule has 0 fully saturated rings. The predicted octanol–water partition coefficient (Wildman–Crippen LogP) is 4.01. The summed E-state index contributed by atoms with van der Waals surface area (Å²) in [5, 5.41) is 9.08. The van der Waals surface area contributed by atoms with E-state index in [1.54, 1.807) is 0 Å². The van der Waals surface area contributed by atoms with Crippen LogP contribution in [-0.2, 0) is 17.9 Å². The van der Waals surface area contributed by atoms with Crippen molar-refractivity contribution < 1.29 is 9.90 Å². The summed E-state index contributed by atoms with van der Waals surface area (Å²) in [6, 6.07) is 20.2. The fourth-order valence-corrected chi connectivity index (χ4v) is 2.92. The third-order valence-corrected chi connectivity index (χ3v) is 4.30. The average molecular weight is 325 g/mol. The van der Waals surface area contributed by atoms with Crippen molar-refractivity contribution >= 4 is 5.91 Å². The van der Waals surface area contributed by atoms with Gasteiger partial charge in [-0.15, -0.1) is 0 Å². The molecule has 128 valence electrons. The summed E-state index contributed by atoms with van der Waals surface area (Å²) in [6.45, 7) is 3.42. The number of hydrogen-bond acceptors (Lipinski definition) is 2. The SMILES string of the molecule is CCC(CCCO)C(=O)N(Cc1ccccc1)Cc1ccccc1. The zero-order chi connectivity index (χ0) is 17.2. The highest BCUT2D eigenvalue weighted by Gasteiger charge is 2.23. The highest BCUT2D eigenvalue weighted by molar-refractivity contribution is 5.78. The minimum absolute atomic E-state index is 0.0235. The van der Waals surface area contributed by atoms with Gasteiger partial charge in [-0.1, -0.05) is 67.6 Å². The summed E-state index contributed by atoms with van der Waals surface area (Å²) < 4.78 is 0. The summed E-state index contributed by atoms with van der Waals surface area (Å²) in [4.78, 5) is 15.0. The van der Waals surface area contributed by atoms with Crippen molar-refractivity contribution in [3.8, 4) is 0 Å². The van der Waals surface area contributed by atoms with E-state index < -0.39 is 0 Å². The van der Waals surface area contributed by atoms with Crippen molar-refractivity contribution in [1.82, 2.24) is 4.90 Å². The summed E-state index contributed by atoms with van der Waals surface area (Å²) in [7, 11) is 0. The molecular formula is C21H27NO2. The van der Waals surface area contributed by atoms with Crippen LogP contribution in [0.5, 0.6) is 0 Å². The summed E-state index contributed by atoms with van der Waals surface area (Å²) in [5.74, 6) is 0.156. The number of aliphatic hydroxyl groups is 1. The lowest BCUT2D eigenvalue weighted by Crippen LogP contribution is -2.35. The maximum Gasteiger partial charge on any atom is 0.226 e. The number of aliphatic hydroxyl groups excluding tert-OH is 1. The maximum atomic E-state index is 13.0. The van der Waals surface area contributed by atoms with Crippen molar-refractivity contribution in [2.45, 2.75) is 39.3 Å². The topological polar surface area (TPSA) is 40.5 Å². The third kappa shape index (κ3) is 5.50. The quantitative estimate of drug-likeness (QED) is 0.756. The molecule has 0 bridgehead atoms. The van der Waals surface area contributed by atoms with Crippen LogP contribution in [0.2, 0.25) is 0 Å². The van der Waals surface area contributed by atoms with Crippen molar-refractivity contribution in [2.75, 3.05) is 6.61 Å². The van der Waals surface area contributed by atoms with Gasteiger partial charge in [0.25, 0.3) is 0 Å². The Hall–Kier alpha value is -2.13. The minimum atomic E-state index is -0.0235. The van der Waals surface area contributed by atoms with E-state index in [1.807, 2.05) is 48.2 Å². The molecule has 0 aromatic heterocycles. The zero-order valence-corrected chi connectivity index (χ0v) is 14.4. The molecule has 1 N–H and O–H groups in total. The number of carbonyl (C=O) groups is 1. The Bertz CT molecular complexity index is 556. The highest BCUT2D eigenvalue weighted by Crippen LogP contribution is 2.19. The van der Waals surface area contributed by atoms with Gasteiger partial charge in [-0.3, -0.25) is 4.79 Å². The summed E-state index contributed by atoms with van der Waals surface area (Å²) in [5.41, 5.74) is 2.28. The van der Waals surface area contributed by atoms with Crippen LogP contribution in [-0.4, -0.2) is 22.5 Å². The molecular weight excluding hydrogens is 298 g/mol. The molecule has 0 radical (unpaired) electrons. The predicted molar refractivity (Wildman–Crippen MR) is 97.2 cm³/mol. The standard InChI is InChI=1S/C21H27NO2/c1-2-20(14-9-15-23)21(24)22(16-18-10-5-3-6-11-18)17-19-12-7-4-8-13-19/h3-8,10-13,20,23H,2,9,14-17H2,1H3. The number of nitrogens with zero attached hydrogens (tertiary/aromatic N) is 1. The Morgan fingerprint density at radius 2 is 1.46 bits per heavy atom. The van der Waals surface area contributed by atoms with Gasteiger partial charge in [0.05, 0.1) is 0 Å². The van der Waals surface area contributed by atoms with Crippen LogP contribution in [0, 0.1) is 5.92 Å². The van der Waals surface area contributed by atoms with Crippen molar-refractivity contribution in [3.05, 3.63) is 71.8 Å². The minimum Gasteiger partial charge on any atom is -0.396 e. The Labute approximate surface area is 144 Å². The smallest absolute Gasteiger partial charge is 0.226 e. The molecule has 3 nitrogen and oxygen atoms in total. The first kappa shape index (κ1) is 18.2. The molecule has 0 spiro atoms. The van der Waals surface area contributed by atoms with Crippen molar-refractivity contribution in [2.24, 2.45) is 5.92 Å². The Kier molecular flexibility index (Phi) is 7.50. The lowest BCUT2D eigenvalue weighted by atomic mass is 9.98. The van der Waals surface area contributed by atoms with Gasteiger partial charge in [-0.05, 0) is 30.4 Å². The molecule has 1 amide bonds. The molecule has 0 saturated carbocycles. The van der Waals surface area contributed by atoms with E-state index in [1.165, 1.54) is 0 Å². The average Bonchev–Trinajstić information content (AvgIpc) is 2.63. The molecule has 2 aromatic carbocycles. The second-order valence-electron chi connectivity index (χ2n) is 6.14. The second-order valence-corrected chi connectivity index (χ2v) is 6.14. The van der Waals surface area contributed by atoms with E-state index in [9.17, 15) is 4.79 Å². The summed E-state index contributed by atoms with van der Waals surface area (Å²) in [6.07, 6.45) is 2.22. The molecule has 0 saturated heterocycles. The van der Waals surface area contributed by atoms with Crippen LogP contribution in [0.3, 0.4) is 0 Å². The molecule has 2 rings (SSSR count). The fraction of sp³-hybridized carbons (Fsp3) is 0.381. The van der Waals surface area contributed by atoms with Crippen molar-refractivity contribution in [3.63, 3.8) is 0 Å². The number of benzene rings is 2. The molecule has 2 aromatic rings. The van der Waals surface area contributed by atoms with E-state index in [-0.39, 0.29) is 18.4 Å². The van der Waals surface area contributed by atoms with Crippen molar-refractivity contribution in [1.29, 1.82) is 0 Å². The third-order valence-electron chi connectivity index (χ3n) is 4.30. The van der Waals surface area contributed by atoms with Crippen LogP contribution in [0.15, 0.2) is 60.7 Å². The number of rotatable bonds is 9. The van der Waals surface area contributed by atoms with Crippen LogP contribution in [0.25, 0.3) is 0 Å². The molecule has 0 aliphatic rings. The highest BCUT2D eigenvalue weighted by atomic mass is 16.3. The Balaban J connectivity index is 2.15. The van der Waals surface area contributed by atoms with Gasteiger partial charge in [-0.2, -0.15) is 0 Å². The zero-order valence-electron chi connectivity index (χ0n) is 14.4. The first-order valence-corrected chi connectivity index (χ1v) is 8.72. The normalized spacial score (nSPS) is 11.9. The second kappa shape index (κ2) is 9.89. The summed E-state index contributed by atoms with van der Waals surface area (Å²) >= 11 is 0. The molecule has 1 atom stereocenters. The van der Waals surface area contributed by atoms with Gasteiger partial charge < -0.3 is 10.0 Å². The van der Waals surface area contributed by atoms with E-state index in [4.69, 9.17) is 5.11 Å². The van der Waals surface area contributed by atoms with Gasteiger partial charge in [0.2, 0.25) is 5.91 Å². The van der Waals surface area contributed by atoms with Crippen LogP contribution >= 0.6 is 0 Å². The Morgan fingerprint density at radius 3 is 1.88 bits per heavy atom. The molecule has 0 aliphatic carbocycles. The molecule has 0 aliphatic heterocycles.